The summed E-state index contributed by atoms with van der Waals surface area (Å²) in [4.78, 5) is 12.2. The Balaban J connectivity index is 1.98. The number of hydrogen-bond acceptors (Lipinski definition) is 6. The van der Waals surface area contributed by atoms with Crippen LogP contribution in [-0.4, -0.2) is 28.2 Å². The van der Waals surface area contributed by atoms with Crippen molar-refractivity contribution in [3.63, 3.8) is 0 Å². The Morgan fingerprint density at radius 2 is 1.91 bits per heavy atom. The number of Topliss-reactive ketones (excluding diaryl/α,β-unsaturated/α-hetero) is 1. The lowest BCUT2D eigenvalue weighted by molar-refractivity contribution is 0.0841. The fraction of sp³-hybridized carbons (Fsp3) is 0.188. The van der Waals surface area contributed by atoms with Gasteiger partial charge in [0.1, 0.15) is 11.9 Å². The van der Waals surface area contributed by atoms with Gasteiger partial charge in [0.2, 0.25) is 0 Å². The number of phenols is 3. The van der Waals surface area contributed by atoms with Gasteiger partial charge in [-0.3, -0.25) is 4.79 Å². The molecule has 1 aliphatic heterocycles. The first kappa shape index (κ1) is 14.1. The molecule has 0 radical (unpaired) electrons. The molecule has 0 aliphatic carbocycles. The lowest BCUT2D eigenvalue weighted by Crippen LogP contribution is -2.20. The van der Waals surface area contributed by atoms with Crippen LogP contribution in [0.15, 0.2) is 30.3 Å². The quantitative estimate of drug-likeness (QED) is 0.789. The zero-order valence-corrected chi connectivity index (χ0v) is 11.7. The van der Waals surface area contributed by atoms with Crippen LogP contribution in [-0.2, 0) is 0 Å². The van der Waals surface area contributed by atoms with Gasteiger partial charge < -0.3 is 24.8 Å². The van der Waals surface area contributed by atoms with Gasteiger partial charge in [0, 0.05) is 6.07 Å². The summed E-state index contributed by atoms with van der Waals surface area (Å²) in [6, 6.07) is 7.09. The molecule has 2 aromatic rings. The molecule has 114 valence electrons. The maximum absolute atomic E-state index is 12.2. The van der Waals surface area contributed by atoms with Crippen LogP contribution in [0.1, 0.15) is 28.4 Å². The lowest BCUT2D eigenvalue weighted by atomic mass is 9.95. The summed E-state index contributed by atoms with van der Waals surface area (Å²) in [5.41, 5.74) is 0.733. The largest absolute Gasteiger partial charge is 0.508 e. The summed E-state index contributed by atoms with van der Waals surface area (Å²) < 4.78 is 10.6. The highest BCUT2D eigenvalue weighted by molar-refractivity contribution is 6.01. The number of carbonyl (C=O) groups excluding carboxylic acids is 1. The second kappa shape index (κ2) is 5.14. The first-order valence-corrected chi connectivity index (χ1v) is 6.62. The summed E-state index contributed by atoms with van der Waals surface area (Å²) in [6.45, 7) is 0. The lowest BCUT2D eigenvalue weighted by Gasteiger charge is -2.26. The minimum Gasteiger partial charge on any atom is -0.508 e. The number of rotatable bonds is 2. The first-order valence-electron chi connectivity index (χ1n) is 6.62. The molecule has 1 aliphatic rings. The Hall–Kier alpha value is -2.89. The Bertz CT molecular complexity index is 753. The molecule has 0 saturated heterocycles. The van der Waals surface area contributed by atoms with E-state index in [1.807, 2.05) is 0 Å². The summed E-state index contributed by atoms with van der Waals surface area (Å²) >= 11 is 0. The maximum atomic E-state index is 12.2. The molecule has 0 bridgehead atoms. The van der Waals surface area contributed by atoms with Crippen LogP contribution in [0.5, 0.6) is 28.7 Å². The third-order valence-electron chi connectivity index (χ3n) is 3.56. The number of phenolic OH excluding ortho intramolecular Hbond substituents is 3. The molecule has 0 fully saturated rings. The van der Waals surface area contributed by atoms with Gasteiger partial charge in [-0.15, -0.1) is 0 Å². The van der Waals surface area contributed by atoms with Crippen molar-refractivity contribution in [3.05, 3.63) is 41.5 Å². The van der Waals surface area contributed by atoms with Crippen LogP contribution < -0.4 is 9.47 Å². The van der Waals surface area contributed by atoms with E-state index >= 15 is 0 Å². The van der Waals surface area contributed by atoms with Gasteiger partial charge >= 0.3 is 0 Å². The van der Waals surface area contributed by atoms with Gasteiger partial charge in [0.05, 0.1) is 19.1 Å². The van der Waals surface area contributed by atoms with Crippen molar-refractivity contribution in [2.24, 2.45) is 0 Å². The summed E-state index contributed by atoms with van der Waals surface area (Å²) in [6.07, 6.45) is -0.589. The molecule has 0 unspecified atom stereocenters. The summed E-state index contributed by atoms with van der Waals surface area (Å²) in [5.74, 6) is -0.461. The van der Waals surface area contributed by atoms with E-state index in [2.05, 4.69) is 0 Å². The van der Waals surface area contributed by atoms with Gasteiger partial charge in [-0.2, -0.15) is 0 Å². The van der Waals surface area contributed by atoms with Gasteiger partial charge in [-0.1, -0.05) is 6.07 Å². The predicted molar refractivity (Wildman–Crippen MR) is 76.7 cm³/mol. The van der Waals surface area contributed by atoms with E-state index in [0.29, 0.717) is 11.3 Å². The SMILES string of the molecule is COc1ccc([C@H]2CC(=O)c3cc(O)cc(O)c3O2)cc1O. The highest BCUT2D eigenvalue weighted by Crippen LogP contribution is 2.43. The molecule has 6 heteroatoms. The summed E-state index contributed by atoms with van der Waals surface area (Å²) in [5, 5.41) is 29.1. The van der Waals surface area contributed by atoms with Crippen LogP contribution in [0, 0.1) is 0 Å². The van der Waals surface area contributed by atoms with Crippen molar-refractivity contribution in [2.45, 2.75) is 12.5 Å². The highest BCUT2D eigenvalue weighted by Gasteiger charge is 2.30. The molecule has 0 saturated carbocycles. The van der Waals surface area contributed by atoms with Gasteiger partial charge in [0.25, 0.3) is 0 Å². The van der Waals surface area contributed by atoms with Gasteiger partial charge in [-0.05, 0) is 23.8 Å². The molecule has 2 aromatic carbocycles. The molecule has 0 amide bonds. The fourth-order valence-electron chi connectivity index (χ4n) is 2.49. The molecule has 3 N–H and O–H groups in total. The van der Waals surface area contributed by atoms with E-state index in [-0.39, 0.29) is 40.8 Å². The van der Waals surface area contributed by atoms with Crippen LogP contribution >= 0.6 is 0 Å². The van der Waals surface area contributed by atoms with Crippen molar-refractivity contribution in [1.29, 1.82) is 0 Å². The standard InChI is InChI=1S/C16H14O6/c1-21-14-3-2-8(4-12(14)19)15-7-11(18)10-5-9(17)6-13(20)16(10)22-15/h2-6,15,17,19-20H,7H2,1H3/t15-/m1/s1. The summed E-state index contributed by atoms with van der Waals surface area (Å²) in [7, 11) is 1.44. The zero-order valence-electron chi connectivity index (χ0n) is 11.7. The molecule has 1 atom stereocenters. The van der Waals surface area contributed by atoms with Gasteiger partial charge in [-0.25, -0.2) is 0 Å². The molecule has 22 heavy (non-hydrogen) atoms. The van der Waals surface area contributed by atoms with Crippen LogP contribution in [0.4, 0.5) is 0 Å². The third-order valence-corrected chi connectivity index (χ3v) is 3.56. The molecule has 0 spiro atoms. The van der Waals surface area contributed by atoms with Gasteiger partial charge in [0.15, 0.2) is 28.8 Å². The second-order valence-electron chi connectivity index (χ2n) is 5.01. The number of methoxy groups -OCH3 is 1. The van der Waals surface area contributed by atoms with E-state index in [1.54, 1.807) is 12.1 Å². The number of carbonyl (C=O) groups is 1. The van der Waals surface area contributed by atoms with Crippen molar-refractivity contribution < 1.29 is 29.6 Å². The fourth-order valence-corrected chi connectivity index (χ4v) is 2.49. The number of aromatic hydroxyl groups is 3. The Labute approximate surface area is 126 Å². The van der Waals surface area contributed by atoms with Crippen LogP contribution in [0.2, 0.25) is 0 Å². The minimum absolute atomic E-state index is 0.0364. The monoisotopic (exact) mass is 302 g/mol. The van der Waals surface area contributed by atoms with Crippen molar-refractivity contribution in [3.8, 4) is 28.7 Å². The molecule has 0 aromatic heterocycles. The number of hydrogen-bond donors (Lipinski definition) is 3. The van der Waals surface area contributed by atoms with Crippen molar-refractivity contribution in [2.75, 3.05) is 7.11 Å². The zero-order chi connectivity index (χ0) is 15.9. The van der Waals surface area contributed by atoms with E-state index in [1.165, 1.54) is 19.2 Å². The minimum atomic E-state index is -0.632. The Morgan fingerprint density at radius 3 is 2.59 bits per heavy atom. The third kappa shape index (κ3) is 2.28. The van der Waals surface area contributed by atoms with Crippen LogP contribution in [0.3, 0.4) is 0 Å². The van der Waals surface area contributed by atoms with Crippen molar-refractivity contribution >= 4 is 5.78 Å². The topological polar surface area (TPSA) is 96.2 Å². The van der Waals surface area contributed by atoms with E-state index in [0.717, 1.165) is 6.07 Å². The molecular formula is C16H14O6. The smallest absolute Gasteiger partial charge is 0.172 e. The molecule has 1 heterocycles. The first-order chi connectivity index (χ1) is 10.5. The average Bonchev–Trinajstić information content (AvgIpc) is 2.48. The molecular weight excluding hydrogens is 288 g/mol. The number of fused-ring (bicyclic) bond motifs is 1. The normalized spacial score (nSPS) is 16.8. The number of ketones is 1. The molecule has 6 nitrogen and oxygen atoms in total. The van der Waals surface area contributed by atoms with Crippen LogP contribution in [0.25, 0.3) is 0 Å². The number of ether oxygens (including phenoxy) is 2. The van der Waals surface area contributed by atoms with E-state index < -0.39 is 6.10 Å². The molecule has 3 rings (SSSR count). The van der Waals surface area contributed by atoms with E-state index in [9.17, 15) is 20.1 Å². The second-order valence-corrected chi connectivity index (χ2v) is 5.01. The predicted octanol–water partition coefficient (Wildman–Crippen LogP) is 2.52. The maximum Gasteiger partial charge on any atom is 0.172 e. The highest BCUT2D eigenvalue weighted by atomic mass is 16.5. The number of benzene rings is 2. The average molecular weight is 302 g/mol. The Morgan fingerprint density at radius 1 is 1.14 bits per heavy atom. The van der Waals surface area contributed by atoms with Crippen molar-refractivity contribution in [1.82, 2.24) is 0 Å². The Kier molecular flexibility index (Phi) is 3.29. The van der Waals surface area contributed by atoms with E-state index in [4.69, 9.17) is 9.47 Å².